The van der Waals surface area contributed by atoms with Crippen LogP contribution in [0.5, 0.6) is 0 Å². The van der Waals surface area contributed by atoms with E-state index in [1.807, 2.05) is 11.0 Å². The molecule has 25 heavy (non-hydrogen) atoms. The Kier molecular flexibility index (Phi) is 5.08. The van der Waals surface area contributed by atoms with E-state index in [0.717, 1.165) is 24.6 Å². The largest absolute Gasteiger partial charge is 0.386 e. The number of nitrogens with zero attached hydrogens (tertiary/aromatic N) is 4. The molecule has 3 rings (SSSR count). The van der Waals surface area contributed by atoms with E-state index in [1.165, 1.54) is 6.33 Å². The number of carbonyl (C=O) groups excluding carboxylic acids is 1. The third kappa shape index (κ3) is 4.21. The third-order valence-corrected chi connectivity index (χ3v) is 4.26. The maximum Gasteiger partial charge on any atom is 0.269 e. The van der Waals surface area contributed by atoms with Crippen molar-refractivity contribution in [3.8, 4) is 0 Å². The van der Waals surface area contributed by atoms with Crippen LogP contribution in [0.4, 0.5) is 11.6 Å². The minimum absolute atomic E-state index is 0.170. The first-order valence-corrected chi connectivity index (χ1v) is 8.26. The number of pyridine rings is 1. The minimum atomic E-state index is -1.01. The molecular formula is C17H22N6O2. The Morgan fingerprint density at radius 1 is 1.36 bits per heavy atom. The molecule has 1 fully saturated rings. The second-order valence-corrected chi connectivity index (χ2v) is 6.16. The van der Waals surface area contributed by atoms with Gasteiger partial charge in [0.25, 0.3) is 5.91 Å². The molecule has 1 saturated heterocycles. The summed E-state index contributed by atoms with van der Waals surface area (Å²) in [5.74, 6) is 1.20. The van der Waals surface area contributed by atoms with Crippen LogP contribution in [-0.4, -0.2) is 58.2 Å². The van der Waals surface area contributed by atoms with Crippen LogP contribution in [0.2, 0.25) is 0 Å². The molecule has 8 nitrogen and oxygen atoms in total. The molecule has 8 heteroatoms. The Balaban J connectivity index is 1.64. The molecule has 3 N–H and O–H groups in total. The lowest BCUT2D eigenvalue weighted by Gasteiger charge is -2.39. The van der Waals surface area contributed by atoms with Crippen molar-refractivity contribution in [2.75, 3.05) is 36.9 Å². The molecule has 2 aromatic rings. The van der Waals surface area contributed by atoms with E-state index in [9.17, 15) is 9.90 Å². The quantitative estimate of drug-likeness (QED) is 0.734. The van der Waals surface area contributed by atoms with E-state index in [2.05, 4.69) is 25.6 Å². The number of anilines is 2. The zero-order chi connectivity index (χ0) is 17.7. The Hall–Kier alpha value is -2.74. The first-order chi connectivity index (χ1) is 12.1. The van der Waals surface area contributed by atoms with Gasteiger partial charge in [0.1, 0.15) is 23.7 Å². The number of hydrogen-bond donors (Lipinski definition) is 3. The SMILES string of the molecule is CNc1cc(N2CCC[C@](O)(CNC(=O)c3ccccn3)C2)ncn1. The number of β-amino-alcohol motifs (C(OH)–C–C–N with tert-alkyl or cyclic N) is 1. The molecule has 1 aliphatic rings. The predicted molar refractivity (Wildman–Crippen MR) is 94.5 cm³/mol. The predicted octanol–water partition coefficient (Wildman–Crippen LogP) is 0.675. The van der Waals surface area contributed by atoms with Crippen LogP contribution in [0.25, 0.3) is 0 Å². The van der Waals surface area contributed by atoms with Crippen molar-refractivity contribution in [1.82, 2.24) is 20.3 Å². The van der Waals surface area contributed by atoms with Gasteiger partial charge in [-0.15, -0.1) is 0 Å². The average molecular weight is 342 g/mol. The Morgan fingerprint density at radius 2 is 2.24 bits per heavy atom. The van der Waals surface area contributed by atoms with Crippen molar-refractivity contribution in [3.63, 3.8) is 0 Å². The molecule has 132 valence electrons. The number of hydrogen-bond acceptors (Lipinski definition) is 7. The van der Waals surface area contributed by atoms with Gasteiger partial charge in [0, 0.05) is 38.9 Å². The molecule has 2 aromatic heterocycles. The lowest BCUT2D eigenvalue weighted by molar-refractivity contribution is 0.0253. The smallest absolute Gasteiger partial charge is 0.269 e. The second kappa shape index (κ2) is 7.43. The van der Waals surface area contributed by atoms with E-state index < -0.39 is 5.60 Å². The highest BCUT2D eigenvalue weighted by atomic mass is 16.3. The molecule has 1 aliphatic heterocycles. The summed E-state index contributed by atoms with van der Waals surface area (Å²) in [6.07, 6.45) is 4.50. The van der Waals surface area contributed by atoms with Crippen LogP contribution in [0, 0.1) is 0 Å². The van der Waals surface area contributed by atoms with Gasteiger partial charge >= 0.3 is 0 Å². The minimum Gasteiger partial charge on any atom is -0.386 e. The standard InChI is InChI=1S/C17H22N6O2/c1-18-14-9-15(22-12-21-14)23-8-4-6-17(25,11-23)10-20-16(24)13-5-2-3-7-19-13/h2-3,5,7,9,12,25H,4,6,8,10-11H2,1H3,(H,20,24)(H,18,21,22)/t17-/m0/s1. The van der Waals surface area contributed by atoms with Crippen molar-refractivity contribution in [1.29, 1.82) is 0 Å². The molecule has 0 radical (unpaired) electrons. The van der Waals surface area contributed by atoms with Crippen molar-refractivity contribution >= 4 is 17.5 Å². The summed E-state index contributed by atoms with van der Waals surface area (Å²) in [5.41, 5.74) is -0.666. The summed E-state index contributed by atoms with van der Waals surface area (Å²) in [5, 5.41) is 16.7. The van der Waals surface area contributed by atoms with Gasteiger partial charge in [0.2, 0.25) is 0 Å². The molecule has 0 aliphatic carbocycles. The van der Waals surface area contributed by atoms with Crippen molar-refractivity contribution in [2.24, 2.45) is 0 Å². The summed E-state index contributed by atoms with van der Waals surface area (Å²) >= 11 is 0. The second-order valence-electron chi connectivity index (χ2n) is 6.16. The highest BCUT2D eigenvalue weighted by molar-refractivity contribution is 5.92. The van der Waals surface area contributed by atoms with Gasteiger partial charge in [-0.1, -0.05) is 6.07 Å². The summed E-state index contributed by atoms with van der Waals surface area (Å²) in [4.78, 5) is 26.6. The van der Waals surface area contributed by atoms with Gasteiger partial charge < -0.3 is 20.6 Å². The normalized spacial score (nSPS) is 20.2. The fraction of sp³-hybridized carbons (Fsp3) is 0.412. The number of carbonyl (C=O) groups is 1. The van der Waals surface area contributed by atoms with Crippen LogP contribution in [0.15, 0.2) is 36.8 Å². The first-order valence-electron chi connectivity index (χ1n) is 8.26. The first kappa shape index (κ1) is 17.1. The van der Waals surface area contributed by atoms with E-state index in [-0.39, 0.29) is 12.5 Å². The maximum absolute atomic E-state index is 12.1. The summed E-state index contributed by atoms with van der Waals surface area (Å²) in [7, 11) is 1.80. The van der Waals surface area contributed by atoms with Gasteiger partial charge in [-0.2, -0.15) is 0 Å². The molecule has 0 aromatic carbocycles. The number of amides is 1. The zero-order valence-corrected chi connectivity index (χ0v) is 14.1. The molecule has 3 heterocycles. The van der Waals surface area contributed by atoms with E-state index in [1.54, 1.807) is 31.4 Å². The van der Waals surface area contributed by atoms with Crippen LogP contribution >= 0.6 is 0 Å². The lowest BCUT2D eigenvalue weighted by atomic mass is 9.92. The van der Waals surface area contributed by atoms with Crippen molar-refractivity contribution in [2.45, 2.75) is 18.4 Å². The van der Waals surface area contributed by atoms with E-state index >= 15 is 0 Å². The topological polar surface area (TPSA) is 103 Å². The Labute approximate surface area is 146 Å². The van der Waals surface area contributed by atoms with Crippen LogP contribution in [0.3, 0.4) is 0 Å². The highest BCUT2D eigenvalue weighted by Gasteiger charge is 2.34. The summed E-state index contributed by atoms with van der Waals surface area (Å²) in [6.45, 7) is 1.37. The number of piperidine rings is 1. The van der Waals surface area contributed by atoms with Crippen molar-refractivity contribution < 1.29 is 9.90 Å². The Morgan fingerprint density at radius 3 is 3.00 bits per heavy atom. The Bertz CT molecular complexity index is 726. The number of rotatable bonds is 5. The van der Waals surface area contributed by atoms with Gasteiger partial charge in [-0.25, -0.2) is 9.97 Å². The van der Waals surface area contributed by atoms with E-state index in [4.69, 9.17) is 0 Å². The molecule has 0 bridgehead atoms. The molecule has 0 unspecified atom stereocenters. The van der Waals surface area contributed by atoms with Crippen LogP contribution < -0.4 is 15.5 Å². The van der Waals surface area contributed by atoms with Crippen LogP contribution in [0.1, 0.15) is 23.3 Å². The molecular weight excluding hydrogens is 320 g/mol. The molecule has 1 atom stereocenters. The average Bonchev–Trinajstić information content (AvgIpc) is 2.67. The molecule has 0 spiro atoms. The molecule has 0 saturated carbocycles. The van der Waals surface area contributed by atoms with E-state index in [0.29, 0.717) is 18.7 Å². The van der Waals surface area contributed by atoms with Crippen molar-refractivity contribution in [3.05, 3.63) is 42.5 Å². The van der Waals surface area contributed by atoms with Crippen LogP contribution in [-0.2, 0) is 0 Å². The number of aromatic nitrogens is 3. The monoisotopic (exact) mass is 342 g/mol. The fourth-order valence-corrected chi connectivity index (χ4v) is 2.94. The summed E-state index contributed by atoms with van der Waals surface area (Å²) in [6, 6.07) is 7.00. The maximum atomic E-state index is 12.1. The summed E-state index contributed by atoms with van der Waals surface area (Å²) < 4.78 is 0. The van der Waals surface area contributed by atoms with Gasteiger partial charge in [0.05, 0.1) is 5.60 Å². The molecule has 1 amide bonds. The zero-order valence-electron chi connectivity index (χ0n) is 14.1. The third-order valence-electron chi connectivity index (χ3n) is 4.26. The fourth-order valence-electron chi connectivity index (χ4n) is 2.94. The van der Waals surface area contributed by atoms with Gasteiger partial charge in [-0.05, 0) is 25.0 Å². The number of nitrogens with one attached hydrogen (secondary N) is 2. The van der Waals surface area contributed by atoms with Gasteiger partial charge in [0.15, 0.2) is 0 Å². The van der Waals surface area contributed by atoms with Gasteiger partial charge in [-0.3, -0.25) is 9.78 Å². The number of aliphatic hydroxyl groups is 1. The lowest BCUT2D eigenvalue weighted by Crippen LogP contribution is -2.54. The highest BCUT2D eigenvalue weighted by Crippen LogP contribution is 2.25.